The van der Waals surface area contributed by atoms with E-state index in [1.54, 1.807) is 25.1 Å². The van der Waals surface area contributed by atoms with E-state index in [2.05, 4.69) is 0 Å². The lowest BCUT2D eigenvalue weighted by molar-refractivity contribution is -0.483. The first kappa shape index (κ1) is 19.7. The van der Waals surface area contributed by atoms with Gasteiger partial charge in [0.1, 0.15) is 12.4 Å². The minimum Gasteiger partial charge on any atom is -0.489 e. The van der Waals surface area contributed by atoms with Gasteiger partial charge >= 0.3 is 5.97 Å². The van der Waals surface area contributed by atoms with Gasteiger partial charge in [0.25, 0.3) is 0 Å². The molecule has 0 saturated carbocycles. The van der Waals surface area contributed by atoms with Gasteiger partial charge in [0.2, 0.25) is 6.54 Å². The second kappa shape index (κ2) is 9.77. The molecule has 0 saturated heterocycles. The van der Waals surface area contributed by atoms with Gasteiger partial charge in [0.15, 0.2) is 0 Å². The summed E-state index contributed by atoms with van der Waals surface area (Å²) in [6.45, 7) is 1.75. The minimum absolute atomic E-state index is 0.139. The summed E-state index contributed by atoms with van der Waals surface area (Å²) in [7, 11) is 0. The van der Waals surface area contributed by atoms with Gasteiger partial charge in [0.05, 0.1) is 18.9 Å². The van der Waals surface area contributed by atoms with E-state index in [0.717, 1.165) is 5.56 Å². The smallest absolute Gasteiger partial charge is 0.306 e. The molecule has 0 bridgehead atoms. The monoisotopic (exact) mass is 377 g/mol. The van der Waals surface area contributed by atoms with Crippen molar-refractivity contribution in [1.82, 2.24) is 0 Å². The Morgan fingerprint density at radius 2 is 1.92 bits per heavy atom. The zero-order chi connectivity index (χ0) is 18.9. The van der Waals surface area contributed by atoms with Crippen LogP contribution in [0.15, 0.2) is 48.5 Å². The number of carbonyl (C=O) groups is 1. The summed E-state index contributed by atoms with van der Waals surface area (Å²) >= 11 is 6.30. The summed E-state index contributed by atoms with van der Waals surface area (Å²) in [5.41, 5.74) is 1.41. The molecule has 0 radical (unpaired) electrons. The summed E-state index contributed by atoms with van der Waals surface area (Å²) in [5.74, 6) is -0.811. The third kappa shape index (κ3) is 5.74. The maximum absolute atomic E-state index is 11.9. The fourth-order valence-corrected chi connectivity index (χ4v) is 2.95. The Balaban J connectivity index is 2.27. The van der Waals surface area contributed by atoms with Crippen molar-refractivity contribution in [1.29, 1.82) is 0 Å². The lowest BCUT2D eigenvalue weighted by atomic mass is 9.94. The summed E-state index contributed by atoms with van der Waals surface area (Å²) in [4.78, 5) is 22.5. The number of benzene rings is 2. The van der Waals surface area contributed by atoms with Crippen LogP contribution in [0.2, 0.25) is 5.02 Å². The largest absolute Gasteiger partial charge is 0.489 e. The zero-order valence-electron chi connectivity index (χ0n) is 14.4. The van der Waals surface area contributed by atoms with Crippen LogP contribution in [0, 0.1) is 10.1 Å². The van der Waals surface area contributed by atoms with Gasteiger partial charge in [0, 0.05) is 15.5 Å². The van der Waals surface area contributed by atoms with Gasteiger partial charge in [-0.2, -0.15) is 0 Å². The SMILES string of the molecule is CCOC(=O)CC(C[N+](=O)[O-])c1c(Cl)cccc1OCc1ccccc1. The lowest BCUT2D eigenvalue weighted by Gasteiger charge is -2.18. The molecule has 2 aromatic carbocycles. The van der Waals surface area contributed by atoms with E-state index in [-0.39, 0.29) is 13.0 Å². The lowest BCUT2D eigenvalue weighted by Crippen LogP contribution is -2.19. The average Bonchev–Trinajstić information content (AvgIpc) is 2.60. The number of carbonyl (C=O) groups excluding carboxylic acids is 1. The van der Waals surface area contributed by atoms with Crippen molar-refractivity contribution in [2.24, 2.45) is 0 Å². The van der Waals surface area contributed by atoms with E-state index in [0.29, 0.717) is 22.9 Å². The van der Waals surface area contributed by atoms with Crippen LogP contribution < -0.4 is 4.74 Å². The average molecular weight is 378 g/mol. The first-order valence-corrected chi connectivity index (χ1v) is 8.61. The van der Waals surface area contributed by atoms with E-state index in [1.165, 1.54) is 0 Å². The maximum atomic E-state index is 11.9. The van der Waals surface area contributed by atoms with Gasteiger partial charge in [-0.05, 0) is 24.6 Å². The molecule has 26 heavy (non-hydrogen) atoms. The molecule has 0 N–H and O–H groups in total. The van der Waals surface area contributed by atoms with E-state index in [9.17, 15) is 14.9 Å². The van der Waals surface area contributed by atoms with Crippen LogP contribution in [0.4, 0.5) is 0 Å². The highest BCUT2D eigenvalue weighted by Crippen LogP contribution is 2.36. The van der Waals surface area contributed by atoms with E-state index in [1.807, 2.05) is 30.3 Å². The molecule has 0 amide bonds. The highest BCUT2D eigenvalue weighted by Gasteiger charge is 2.27. The zero-order valence-corrected chi connectivity index (χ0v) is 15.1. The Morgan fingerprint density at radius 1 is 1.19 bits per heavy atom. The van der Waals surface area contributed by atoms with Crippen molar-refractivity contribution in [3.63, 3.8) is 0 Å². The van der Waals surface area contributed by atoms with Crippen molar-refractivity contribution in [2.75, 3.05) is 13.2 Å². The molecular formula is C19H20ClNO5. The van der Waals surface area contributed by atoms with Gasteiger partial charge in [-0.15, -0.1) is 0 Å². The Hall–Kier alpha value is -2.60. The Kier molecular flexibility index (Phi) is 7.41. The molecule has 1 unspecified atom stereocenters. The second-order valence-electron chi connectivity index (χ2n) is 5.65. The quantitative estimate of drug-likeness (QED) is 0.371. The van der Waals surface area contributed by atoms with Crippen molar-refractivity contribution < 1.29 is 19.2 Å². The van der Waals surface area contributed by atoms with Gasteiger partial charge in [-0.3, -0.25) is 14.9 Å². The van der Waals surface area contributed by atoms with Gasteiger partial charge in [-0.1, -0.05) is 48.0 Å². The predicted octanol–water partition coefficient (Wildman–Crippen LogP) is 4.23. The maximum Gasteiger partial charge on any atom is 0.306 e. The fraction of sp³-hybridized carbons (Fsp3) is 0.316. The van der Waals surface area contributed by atoms with E-state index >= 15 is 0 Å². The molecule has 7 heteroatoms. The van der Waals surface area contributed by atoms with Gasteiger partial charge < -0.3 is 9.47 Å². The normalized spacial score (nSPS) is 11.6. The van der Waals surface area contributed by atoms with Crippen molar-refractivity contribution >= 4 is 17.6 Å². The summed E-state index contributed by atoms with van der Waals surface area (Å²) < 4.78 is 10.8. The fourth-order valence-electron chi connectivity index (χ4n) is 2.63. The van der Waals surface area contributed by atoms with Crippen molar-refractivity contribution in [3.05, 3.63) is 74.8 Å². The predicted molar refractivity (Wildman–Crippen MR) is 98.1 cm³/mol. The highest BCUT2D eigenvalue weighted by molar-refractivity contribution is 6.31. The second-order valence-corrected chi connectivity index (χ2v) is 6.05. The number of hydrogen-bond acceptors (Lipinski definition) is 5. The molecule has 0 aliphatic carbocycles. The third-order valence-corrected chi connectivity index (χ3v) is 4.08. The molecule has 1 atom stereocenters. The van der Waals surface area contributed by atoms with Crippen LogP contribution in [-0.4, -0.2) is 24.0 Å². The minimum atomic E-state index is -0.733. The van der Waals surface area contributed by atoms with Gasteiger partial charge in [-0.25, -0.2) is 0 Å². The molecule has 2 aromatic rings. The molecule has 2 rings (SSSR count). The number of halogens is 1. The van der Waals surface area contributed by atoms with Crippen molar-refractivity contribution in [3.8, 4) is 5.75 Å². The van der Waals surface area contributed by atoms with E-state index in [4.69, 9.17) is 21.1 Å². The summed E-state index contributed by atoms with van der Waals surface area (Å²) in [6, 6.07) is 14.6. The van der Waals surface area contributed by atoms with Crippen LogP contribution in [-0.2, 0) is 16.1 Å². The first-order valence-electron chi connectivity index (χ1n) is 8.23. The van der Waals surface area contributed by atoms with E-state index < -0.39 is 23.4 Å². The van der Waals surface area contributed by atoms with Crippen molar-refractivity contribution in [2.45, 2.75) is 25.9 Å². The number of rotatable bonds is 9. The van der Waals surface area contributed by atoms with Crippen LogP contribution in [0.3, 0.4) is 0 Å². The highest BCUT2D eigenvalue weighted by atomic mass is 35.5. The number of esters is 1. The molecule has 138 valence electrons. The number of hydrogen-bond donors (Lipinski definition) is 0. The molecule has 0 spiro atoms. The van der Waals surface area contributed by atoms with Crippen LogP contribution in [0.1, 0.15) is 30.4 Å². The Labute approximate surface area is 156 Å². The Morgan fingerprint density at radius 3 is 2.58 bits per heavy atom. The topological polar surface area (TPSA) is 78.7 Å². The Bertz CT molecular complexity index is 751. The molecule has 0 aromatic heterocycles. The molecule has 0 aliphatic rings. The van der Waals surface area contributed by atoms with Crippen LogP contribution >= 0.6 is 11.6 Å². The standard InChI is InChI=1S/C19H20ClNO5/c1-2-25-18(22)11-15(12-21(23)24)19-16(20)9-6-10-17(19)26-13-14-7-4-3-5-8-14/h3-10,15H,2,11-13H2,1H3. The molecule has 0 heterocycles. The first-order chi connectivity index (χ1) is 12.5. The number of nitrogens with zero attached hydrogens (tertiary/aromatic N) is 1. The summed E-state index contributed by atoms with van der Waals surface area (Å²) in [5, 5.41) is 11.4. The third-order valence-electron chi connectivity index (χ3n) is 3.75. The number of nitro groups is 1. The van der Waals surface area contributed by atoms with Crippen LogP contribution in [0.5, 0.6) is 5.75 Å². The summed E-state index contributed by atoms with van der Waals surface area (Å²) in [6.07, 6.45) is -0.139. The molecule has 0 aliphatic heterocycles. The molecule has 0 fully saturated rings. The van der Waals surface area contributed by atoms with Crippen LogP contribution in [0.25, 0.3) is 0 Å². The molecular weight excluding hydrogens is 358 g/mol. The molecule has 6 nitrogen and oxygen atoms in total. The number of ether oxygens (including phenoxy) is 2.